The van der Waals surface area contributed by atoms with Crippen molar-refractivity contribution in [1.82, 2.24) is 14.5 Å². The zero-order valence-electron chi connectivity index (χ0n) is 13.3. The number of carbonyl (C=O) groups excluding carboxylic acids is 1. The van der Waals surface area contributed by atoms with E-state index < -0.39 is 17.8 Å². The van der Waals surface area contributed by atoms with Crippen molar-refractivity contribution >= 4 is 17.5 Å². The van der Waals surface area contributed by atoms with E-state index in [4.69, 9.17) is 11.6 Å². The second-order valence-corrected chi connectivity index (χ2v) is 6.20. The van der Waals surface area contributed by atoms with E-state index in [1.807, 2.05) is 0 Å². The van der Waals surface area contributed by atoms with Gasteiger partial charge in [0.2, 0.25) is 0 Å². The zero-order chi connectivity index (χ0) is 18.5. The molecule has 0 aliphatic carbocycles. The summed E-state index contributed by atoms with van der Waals surface area (Å²) in [5, 5.41) is 0.0822. The van der Waals surface area contributed by atoms with Crippen LogP contribution in [0.15, 0.2) is 23.1 Å². The van der Waals surface area contributed by atoms with E-state index in [0.717, 1.165) is 17.8 Å². The summed E-state index contributed by atoms with van der Waals surface area (Å²) in [6.45, 7) is 1.99. The summed E-state index contributed by atoms with van der Waals surface area (Å²) in [6, 6.07) is 1.96. The average Bonchev–Trinajstić information content (AvgIpc) is 3.02. The molecule has 2 aromatic heterocycles. The van der Waals surface area contributed by atoms with E-state index >= 15 is 0 Å². The Balaban J connectivity index is 1.95. The number of halogens is 4. The van der Waals surface area contributed by atoms with Gasteiger partial charge in [0.25, 0.3) is 11.5 Å². The number of amides is 1. The standard InChI is InChI=1S/C16H13ClF3N3O2/c1-8-10-6-23(7-11(10)22(2)15(25)13(8)17)14(24)9-3-4-21-12(5-9)16(18,19)20/h3-5H,6-7H2,1-2H3. The first-order chi connectivity index (χ1) is 11.6. The number of hydrogen-bond acceptors (Lipinski definition) is 3. The first-order valence-electron chi connectivity index (χ1n) is 7.30. The predicted molar refractivity (Wildman–Crippen MR) is 84.2 cm³/mol. The van der Waals surface area contributed by atoms with Crippen LogP contribution in [-0.4, -0.2) is 20.4 Å². The molecular weight excluding hydrogens is 359 g/mol. The maximum absolute atomic E-state index is 12.8. The minimum absolute atomic E-state index is 0.0822. The van der Waals surface area contributed by atoms with Crippen LogP contribution < -0.4 is 5.56 Å². The van der Waals surface area contributed by atoms with Crippen LogP contribution in [0.5, 0.6) is 0 Å². The first-order valence-corrected chi connectivity index (χ1v) is 7.68. The van der Waals surface area contributed by atoms with Crippen LogP contribution in [0.3, 0.4) is 0 Å². The highest BCUT2D eigenvalue weighted by molar-refractivity contribution is 6.31. The van der Waals surface area contributed by atoms with Crippen molar-refractivity contribution in [3.05, 3.63) is 61.8 Å². The van der Waals surface area contributed by atoms with Crippen LogP contribution in [-0.2, 0) is 26.3 Å². The summed E-state index contributed by atoms with van der Waals surface area (Å²) < 4.78 is 39.7. The second-order valence-electron chi connectivity index (χ2n) is 5.82. The van der Waals surface area contributed by atoms with E-state index in [1.54, 1.807) is 14.0 Å². The predicted octanol–water partition coefficient (Wildman–Crippen LogP) is 2.92. The molecule has 0 unspecified atom stereocenters. The minimum Gasteiger partial charge on any atom is -0.328 e. The third-order valence-electron chi connectivity index (χ3n) is 4.30. The Bertz CT molecular complexity index is 937. The summed E-state index contributed by atoms with van der Waals surface area (Å²) in [6.07, 6.45) is -3.67. The molecule has 1 aliphatic rings. The largest absolute Gasteiger partial charge is 0.433 e. The number of pyridine rings is 2. The number of fused-ring (bicyclic) bond motifs is 1. The molecule has 1 aliphatic heterocycles. The molecule has 0 aromatic carbocycles. The van der Waals surface area contributed by atoms with Crippen molar-refractivity contribution < 1.29 is 18.0 Å². The van der Waals surface area contributed by atoms with Crippen LogP contribution in [0.4, 0.5) is 13.2 Å². The van der Waals surface area contributed by atoms with Crippen molar-refractivity contribution in [2.24, 2.45) is 7.05 Å². The number of carbonyl (C=O) groups is 1. The van der Waals surface area contributed by atoms with E-state index in [0.29, 0.717) is 11.3 Å². The van der Waals surface area contributed by atoms with Crippen molar-refractivity contribution in [2.75, 3.05) is 0 Å². The lowest BCUT2D eigenvalue weighted by Gasteiger charge is -2.16. The lowest BCUT2D eigenvalue weighted by Crippen LogP contribution is -2.27. The highest BCUT2D eigenvalue weighted by atomic mass is 35.5. The molecule has 0 saturated carbocycles. The Kier molecular flexibility index (Phi) is 4.10. The number of hydrogen-bond donors (Lipinski definition) is 0. The molecule has 0 radical (unpaired) electrons. The molecular formula is C16H13ClF3N3O2. The smallest absolute Gasteiger partial charge is 0.328 e. The van der Waals surface area contributed by atoms with Crippen LogP contribution in [0.25, 0.3) is 0 Å². The molecule has 132 valence electrons. The summed E-state index contributed by atoms with van der Waals surface area (Å²) in [5.41, 5.74) is 0.359. The van der Waals surface area contributed by atoms with Gasteiger partial charge in [0, 0.05) is 31.0 Å². The Morgan fingerprint density at radius 1 is 1.32 bits per heavy atom. The Morgan fingerprint density at radius 3 is 2.64 bits per heavy atom. The van der Waals surface area contributed by atoms with Gasteiger partial charge in [-0.3, -0.25) is 14.6 Å². The SMILES string of the molecule is Cc1c2c(n(C)c(=O)c1Cl)CN(C(=O)c1ccnc(C(F)(F)F)c1)C2. The van der Waals surface area contributed by atoms with Gasteiger partial charge in [0.05, 0.1) is 6.54 Å². The van der Waals surface area contributed by atoms with Gasteiger partial charge < -0.3 is 9.47 Å². The lowest BCUT2D eigenvalue weighted by atomic mass is 10.1. The van der Waals surface area contributed by atoms with Gasteiger partial charge in [-0.25, -0.2) is 0 Å². The summed E-state index contributed by atoms with van der Waals surface area (Å²) in [7, 11) is 1.55. The Hall–Kier alpha value is -2.35. The molecule has 2 aromatic rings. The number of rotatable bonds is 1. The molecule has 0 saturated heterocycles. The molecule has 0 spiro atoms. The molecule has 0 fully saturated rings. The van der Waals surface area contributed by atoms with E-state index in [9.17, 15) is 22.8 Å². The van der Waals surface area contributed by atoms with Gasteiger partial charge in [-0.05, 0) is 30.2 Å². The maximum Gasteiger partial charge on any atom is 0.433 e. The highest BCUT2D eigenvalue weighted by Crippen LogP contribution is 2.30. The average molecular weight is 372 g/mol. The fourth-order valence-corrected chi connectivity index (χ4v) is 3.11. The van der Waals surface area contributed by atoms with E-state index in [1.165, 1.54) is 15.5 Å². The molecule has 5 nitrogen and oxygen atoms in total. The molecule has 0 atom stereocenters. The van der Waals surface area contributed by atoms with Gasteiger partial charge >= 0.3 is 6.18 Å². The first kappa shape index (κ1) is 17.5. The van der Waals surface area contributed by atoms with E-state index in [2.05, 4.69) is 4.98 Å². The number of alkyl halides is 3. The van der Waals surface area contributed by atoms with Crippen LogP contribution >= 0.6 is 11.6 Å². The van der Waals surface area contributed by atoms with Crippen LogP contribution in [0.2, 0.25) is 5.02 Å². The topological polar surface area (TPSA) is 55.2 Å². The van der Waals surface area contributed by atoms with Crippen molar-refractivity contribution in [1.29, 1.82) is 0 Å². The van der Waals surface area contributed by atoms with Gasteiger partial charge in [-0.2, -0.15) is 13.2 Å². The van der Waals surface area contributed by atoms with Gasteiger partial charge in [0.15, 0.2) is 0 Å². The zero-order valence-corrected chi connectivity index (χ0v) is 14.1. The lowest BCUT2D eigenvalue weighted by molar-refractivity contribution is -0.141. The molecule has 3 rings (SSSR count). The van der Waals surface area contributed by atoms with Gasteiger partial charge in [-0.1, -0.05) is 11.6 Å². The molecule has 9 heteroatoms. The second kappa shape index (κ2) is 5.87. The monoisotopic (exact) mass is 371 g/mol. The Morgan fingerprint density at radius 2 is 2.00 bits per heavy atom. The fraction of sp³-hybridized carbons (Fsp3) is 0.312. The number of aromatic nitrogens is 2. The van der Waals surface area contributed by atoms with Gasteiger partial charge in [0.1, 0.15) is 10.7 Å². The summed E-state index contributed by atoms with van der Waals surface area (Å²) in [5.74, 6) is -0.563. The molecule has 3 heterocycles. The quantitative estimate of drug-likeness (QED) is 0.774. The molecule has 25 heavy (non-hydrogen) atoms. The minimum atomic E-state index is -4.63. The van der Waals surface area contributed by atoms with Gasteiger partial charge in [-0.15, -0.1) is 0 Å². The summed E-state index contributed by atoms with van der Waals surface area (Å²) in [4.78, 5) is 29.3. The summed E-state index contributed by atoms with van der Waals surface area (Å²) >= 11 is 6.01. The van der Waals surface area contributed by atoms with Crippen LogP contribution in [0.1, 0.15) is 32.9 Å². The Labute approximate surface area is 145 Å². The van der Waals surface area contributed by atoms with Crippen LogP contribution in [0, 0.1) is 6.92 Å². The fourth-order valence-electron chi connectivity index (χ4n) is 2.87. The molecule has 0 bridgehead atoms. The van der Waals surface area contributed by atoms with Crippen molar-refractivity contribution in [3.8, 4) is 0 Å². The van der Waals surface area contributed by atoms with Crippen molar-refractivity contribution in [2.45, 2.75) is 26.2 Å². The molecule has 0 N–H and O–H groups in total. The number of nitrogens with zero attached hydrogens (tertiary/aromatic N) is 3. The normalized spacial score (nSPS) is 13.9. The highest BCUT2D eigenvalue weighted by Gasteiger charge is 2.34. The maximum atomic E-state index is 12.8. The molecule has 1 amide bonds. The third kappa shape index (κ3) is 2.90. The van der Waals surface area contributed by atoms with E-state index in [-0.39, 0.29) is 29.2 Å². The third-order valence-corrected chi connectivity index (χ3v) is 4.75. The van der Waals surface area contributed by atoms with Crippen molar-refractivity contribution in [3.63, 3.8) is 0 Å².